The topological polar surface area (TPSA) is 78.9 Å². The molecule has 2 rings (SSSR count). The highest BCUT2D eigenvalue weighted by Crippen LogP contribution is 2.19. The summed E-state index contributed by atoms with van der Waals surface area (Å²) in [5.74, 6) is 0.537. The number of amides is 1. The summed E-state index contributed by atoms with van der Waals surface area (Å²) < 4.78 is 0. The first-order valence-corrected chi connectivity index (χ1v) is 7.16. The summed E-state index contributed by atoms with van der Waals surface area (Å²) in [4.78, 5) is 20.3. The molecule has 6 nitrogen and oxygen atoms in total. The van der Waals surface area contributed by atoms with Gasteiger partial charge in [-0.05, 0) is 26.1 Å². The van der Waals surface area contributed by atoms with Crippen LogP contribution in [0.15, 0.2) is 29.8 Å². The molecular formula is C13H19Cl2N5OS. The molecule has 22 heavy (non-hydrogen) atoms. The summed E-state index contributed by atoms with van der Waals surface area (Å²) in [6, 6.07) is 5.80. The van der Waals surface area contributed by atoms with Gasteiger partial charge in [0, 0.05) is 24.2 Å². The molecule has 1 unspecified atom stereocenters. The number of halogens is 2. The molecule has 9 heteroatoms. The van der Waals surface area contributed by atoms with Gasteiger partial charge in [-0.15, -0.1) is 36.2 Å². The van der Waals surface area contributed by atoms with E-state index in [0.29, 0.717) is 23.2 Å². The standard InChI is InChI=1S/C13H17N5OS.2ClH/c1-9(14-2)7-16-12(19)10-8-20-13(17-10)18-11-5-3-4-6-15-11;;/h3-6,8-9,14H,7H2,1-2H3,(H,16,19)(H,15,17,18);2*1H. The zero-order chi connectivity index (χ0) is 14.4. The van der Waals surface area contributed by atoms with Gasteiger partial charge in [-0.1, -0.05) is 6.07 Å². The molecule has 0 saturated carbocycles. The molecule has 0 bridgehead atoms. The van der Waals surface area contributed by atoms with Crippen molar-refractivity contribution in [3.8, 4) is 0 Å². The fraction of sp³-hybridized carbons (Fsp3) is 0.308. The summed E-state index contributed by atoms with van der Waals surface area (Å²) in [6.45, 7) is 2.56. The molecular weight excluding hydrogens is 345 g/mol. The van der Waals surface area contributed by atoms with Gasteiger partial charge in [0.25, 0.3) is 5.91 Å². The number of anilines is 2. The summed E-state index contributed by atoms with van der Waals surface area (Å²) in [7, 11) is 1.86. The van der Waals surface area contributed by atoms with Crippen LogP contribution < -0.4 is 16.0 Å². The number of rotatable bonds is 6. The fourth-order valence-electron chi connectivity index (χ4n) is 1.42. The van der Waals surface area contributed by atoms with Crippen molar-refractivity contribution in [3.05, 3.63) is 35.5 Å². The third kappa shape index (κ3) is 6.15. The molecule has 0 spiro atoms. The molecule has 0 saturated heterocycles. The normalized spacial score (nSPS) is 10.8. The van der Waals surface area contributed by atoms with Crippen molar-refractivity contribution >= 4 is 53.0 Å². The maximum Gasteiger partial charge on any atom is 0.270 e. The second-order valence-electron chi connectivity index (χ2n) is 4.28. The highest BCUT2D eigenvalue weighted by molar-refractivity contribution is 7.14. The summed E-state index contributed by atoms with van der Waals surface area (Å²) in [6.07, 6.45) is 1.70. The molecule has 2 aromatic heterocycles. The van der Waals surface area contributed by atoms with E-state index in [-0.39, 0.29) is 36.8 Å². The van der Waals surface area contributed by atoms with Crippen LogP contribution in [0.1, 0.15) is 17.4 Å². The van der Waals surface area contributed by atoms with Crippen molar-refractivity contribution in [3.63, 3.8) is 0 Å². The molecule has 3 N–H and O–H groups in total. The Morgan fingerprint density at radius 2 is 2.14 bits per heavy atom. The quantitative estimate of drug-likeness (QED) is 0.734. The predicted octanol–water partition coefficient (Wildman–Crippen LogP) is 2.46. The summed E-state index contributed by atoms with van der Waals surface area (Å²) in [5, 5.41) is 11.3. The molecule has 0 aliphatic rings. The van der Waals surface area contributed by atoms with Gasteiger partial charge in [0.15, 0.2) is 5.13 Å². The van der Waals surface area contributed by atoms with Crippen molar-refractivity contribution in [2.75, 3.05) is 18.9 Å². The number of nitrogens with zero attached hydrogens (tertiary/aromatic N) is 2. The highest BCUT2D eigenvalue weighted by atomic mass is 35.5. The molecule has 0 fully saturated rings. The van der Waals surface area contributed by atoms with Gasteiger partial charge in [0.2, 0.25) is 0 Å². The van der Waals surface area contributed by atoms with Crippen molar-refractivity contribution in [1.29, 1.82) is 0 Å². The maximum absolute atomic E-state index is 11.9. The molecule has 2 heterocycles. The lowest BCUT2D eigenvalue weighted by molar-refractivity contribution is 0.0946. The number of carbonyl (C=O) groups excluding carboxylic acids is 1. The van der Waals surface area contributed by atoms with Crippen molar-refractivity contribution in [2.45, 2.75) is 13.0 Å². The Kier molecular flexibility index (Phi) is 9.68. The number of pyridine rings is 1. The molecule has 122 valence electrons. The van der Waals surface area contributed by atoms with Gasteiger partial charge in [-0.2, -0.15) is 0 Å². The number of hydrogen-bond donors (Lipinski definition) is 3. The highest BCUT2D eigenvalue weighted by Gasteiger charge is 2.11. The van der Waals surface area contributed by atoms with Gasteiger partial charge in [0.05, 0.1) is 0 Å². The Balaban J connectivity index is 0.00000220. The number of nitrogens with one attached hydrogen (secondary N) is 3. The van der Waals surface area contributed by atoms with Crippen LogP contribution in [0.4, 0.5) is 10.9 Å². The minimum atomic E-state index is -0.169. The Morgan fingerprint density at radius 3 is 2.77 bits per heavy atom. The lowest BCUT2D eigenvalue weighted by Crippen LogP contribution is -2.37. The molecule has 0 radical (unpaired) electrons. The molecule has 0 aromatic carbocycles. The van der Waals surface area contributed by atoms with E-state index >= 15 is 0 Å². The van der Waals surface area contributed by atoms with Crippen LogP contribution in [-0.4, -0.2) is 35.5 Å². The Hall–Kier alpha value is -1.41. The van der Waals surface area contributed by atoms with Crippen molar-refractivity contribution in [1.82, 2.24) is 20.6 Å². The monoisotopic (exact) mass is 363 g/mol. The Bertz CT molecular complexity index is 567. The van der Waals surface area contributed by atoms with Crippen LogP contribution in [0.3, 0.4) is 0 Å². The largest absolute Gasteiger partial charge is 0.349 e. The fourth-order valence-corrected chi connectivity index (χ4v) is 2.12. The molecule has 0 aliphatic heterocycles. The number of likely N-dealkylation sites (N-methyl/N-ethyl adjacent to an activating group) is 1. The second kappa shape index (κ2) is 10.3. The zero-order valence-corrected chi connectivity index (χ0v) is 14.6. The van der Waals surface area contributed by atoms with Crippen LogP contribution in [0.25, 0.3) is 0 Å². The third-order valence-electron chi connectivity index (χ3n) is 2.70. The van der Waals surface area contributed by atoms with Gasteiger partial charge in [-0.25, -0.2) is 9.97 Å². The van der Waals surface area contributed by atoms with E-state index in [4.69, 9.17) is 0 Å². The predicted molar refractivity (Wildman–Crippen MR) is 95.0 cm³/mol. The lowest BCUT2D eigenvalue weighted by atomic mass is 10.3. The average molecular weight is 364 g/mol. The minimum Gasteiger partial charge on any atom is -0.349 e. The van der Waals surface area contributed by atoms with E-state index in [0.717, 1.165) is 0 Å². The third-order valence-corrected chi connectivity index (χ3v) is 3.46. The van der Waals surface area contributed by atoms with Gasteiger partial charge in [0.1, 0.15) is 11.5 Å². The second-order valence-corrected chi connectivity index (χ2v) is 5.14. The first-order valence-electron chi connectivity index (χ1n) is 6.28. The van der Waals surface area contributed by atoms with Crippen LogP contribution in [-0.2, 0) is 0 Å². The number of hydrogen-bond acceptors (Lipinski definition) is 6. The Morgan fingerprint density at radius 1 is 1.36 bits per heavy atom. The maximum atomic E-state index is 11.9. The minimum absolute atomic E-state index is 0. The van der Waals surface area contributed by atoms with Crippen LogP contribution in [0.2, 0.25) is 0 Å². The van der Waals surface area contributed by atoms with E-state index in [1.165, 1.54) is 11.3 Å². The van der Waals surface area contributed by atoms with Crippen LogP contribution in [0.5, 0.6) is 0 Å². The summed E-state index contributed by atoms with van der Waals surface area (Å²) in [5.41, 5.74) is 0.414. The lowest BCUT2D eigenvalue weighted by Gasteiger charge is -2.10. The van der Waals surface area contributed by atoms with Crippen LogP contribution >= 0.6 is 36.2 Å². The number of thiazole rings is 1. The van der Waals surface area contributed by atoms with E-state index in [1.807, 2.05) is 32.2 Å². The first-order chi connectivity index (χ1) is 9.69. The van der Waals surface area contributed by atoms with E-state index < -0.39 is 0 Å². The van der Waals surface area contributed by atoms with E-state index in [1.54, 1.807) is 11.6 Å². The van der Waals surface area contributed by atoms with Gasteiger partial charge < -0.3 is 16.0 Å². The smallest absolute Gasteiger partial charge is 0.270 e. The van der Waals surface area contributed by atoms with Crippen molar-refractivity contribution < 1.29 is 4.79 Å². The van der Waals surface area contributed by atoms with Gasteiger partial charge in [-0.3, -0.25) is 4.79 Å². The average Bonchev–Trinajstić information content (AvgIpc) is 2.94. The van der Waals surface area contributed by atoms with Gasteiger partial charge >= 0.3 is 0 Å². The van der Waals surface area contributed by atoms with Crippen LogP contribution in [0, 0.1) is 0 Å². The zero-order valence-electron chi connectivity index (χ0n) is 12.2. The number of aromatic nitrogens is 2. The molecule has 1 atom stereocenters. The summed E-state index contributed by atoms with van der Waals surface area (Å²) >= 11 is 1.37. The molecule has 0 aliphatic carbocycles. The Labute approximate surface area is 146 Å². The SMILES string of the molecule is CNC(C)CNC(=O)c1csc(Nc2ccccn2)n1.Cl.Cl. The first kappa shape index (κ1) is 20.6. The van der Waals surface area contributed by atoms with Crippen molar-refractivity contribution in [2.24, 2.45) is 0 Å². The molecule has 2 aromatic rings. The van der Waals surface area contributed by atoms with E-state index in [9.17, 15) is 4.79 Å². The molecule has 1 amide bonds. The number of carbonyl (C=O) groups is 1. The van der Waals surface area contributed by atoms with E-state index in [2.05, 4.69) is 25.9 Å².